The van der Waals surface area contributed by atoms with Gasteiger partial charge >= 0.3 is 12.1 Å². The number of methoxy groups -OCH3 is 1. The second kappa shape index (κ2) is 7.18. The maximum absolute atomic E-state index is 12.0. The Morgan fingerprint density at radius 3 is 2.64 bits per heavy atom. The van der Waals surface area contributed by atoms with E-state index >= 15 is 0 Å². The number of hydrogen-bond donors (Lipinski definition) is 2. The van der Waals surface area contributed by atoms with Crippen LogP contribution in [0, 0.1) is 0 Å². The van der Waals surface area contributed by atoms with E-state index in [-0.39, 0.29) is 6.61 Å². The molecule has 0 saturated heterocycles. The highest BCUT2D eigenvalue weighted by molar-refractivity contribution is 5.91. The smallest absolute Gasteiger partial charge is 0.408 e. The van der Waals surface area contributed by atoms with Crippen molar-refractivity contribution < 1.29 is 28.9 Å². The number of alkyl carbamates (subject to hydrolysis) is 1. The van der Waals surface area contributed by atoms with Crippen LogP contribution in [0.2, 0.25) is 0 Å². The topological polar surface area (TPSA) is 97.3 Å². The maximum atomic E-state index is 12.0. The Bertz CT molecular complexity index is 655. The molecule has 0 radical (unpaired) electrons. The summed E-state index contributed by atoms with van der Waals surface area (Å²) in [6, 6.07) is 4.06. The van der Waals surface area contributed by atoms with Gasteiger partial charge < -0.3 is 29.5 Å². The summed E-state index contributed by atoms with van der Waals surface area (Å²) in [5.41, 5.74) is 0.205. The van der Waals surface area contributed by atoms with Crippen molar-refractivity contribution in [2.45, 2.75) is 38.6 Å². The molecule has 8 nitrogen and oxygen atoms in total. The molecule has 0 bridgehead atoms. The fourth-order valence-corrected chi connectivity index (χ4v) is 2.41. The molecule has 2 rings (SSSR count). The van der Waals surface area contributed by atoms with Crippen molar-refractivity contribution >= 4 is 17.7 Å². The van der Waals surface area contributed by atoms with Crippen molar-refractivity contribution in [3.63, 3.8) is 0 Å². The number of esters is 1. The fraction of sp³-hybridized carbons (Fsp3) is 0.529. The number of aliphatic hydroxyl groups excluding tert-OH is 1. The molecule has 0 spiro atoms. The number of nitrogens with zero attached hydrogens (tertiary/aromatic N) is 1. The molecule has 8 heteroatoms. The van der Waals surface area contributed by atoms with Gasteiger partial charge in [0, 0.05) is 7.05 Å². The summed E-state index contributed by atoms with van der Waals surface area (Å²) in [5, 5.41) is 13.2. The fourth-order valence-electron chi connectivity index (χ4n) is 2.41. The van der Waals surface area contributed by atoms with E-state index in [1.807, 2.05) is 0 Å². The number of ether oxygens (including phenoxy) is 3. The molecule has 25 heavy (non-hydrogen) atoms. The minimum Gasteiger partial charge on any atom is -0.489 e. The summed E-state index contributed by atoms with van der Waals surface area (Å²) in [7, 11) is 2.94. The van der Waals surface area contributed by atoms with Crippen LogP contribution in [0.15, 0.2) is 18.2 Å². The predicted octanol–water partition coefficient (Wildman–Crippen LogP) is 1.51. The molecule has 1 unspecified atom stereocenters. The first-order valence-corrected chi connectivity index (χ1v) is 7.88. The van der Waals surface area contributed by atoms with Gasteiger partial charge in [0.05, 0.1) is 18.4 Å². The van der Waals surface area contributed by atoms with E-state index in [1.165, 1.54) is 12.0 Å². The quantitative estimate of drug-likeness (QED) is 0.779. The van der Waals surface area contributed by atoms with E-state index in [4.69, 9.17) is 14.2 Å². The first-order valence-electron chi connectivity index (χ1n) is 7.88. The second-order valence-corrected chi connectivity index (χ2v) is 6.76. The molecule has 1 aromatic rings. The van der Waals surface area contributed by atoms with Gasteiger partial charge in [0.2, 0.25) is 0 Å². The zero-order chi connectivity index (χ0) is 18.8. The normalized spacial score (nSPS) is 20.0. The Balaban J connectivity index is 2.19. The largest absolute Gasteiger partial charge is 0.489 e. The number of carbonyl (C=O) groups excluding carboxylic acids is 2. The lowest BCUT2D eigenvalue weighted by atomic mass is 10.1. The Morgan fingerprint density at radius 1 is 1.36 bits per heavy atom. The predicted molar refractivity (Wildman–Crippen MR) is 90.8 cm³/mol. The van der Waals surface area contributed by atoms with Gasteiger partial charge in [0.1, 0.15) is 24.0 Å². The molecule has 1 aliphatic heterocycles. The van der Waals surface area contributed by atoms with Crippen molar-refractivity contribution in [2.75, 3.05) is 25.7 Å². The lowest BCUT2D eigenvalue weighted by molar-refractivity contribution is 0.0386. The highest BCUT2D eigenvalue weighted by atomic mass is 16.6. The first-order chi connectivity index (χ1) is 11.6. The highest BCUT2D eigenvalue weighted by Gasteiger charge is 2.32. The van der Waals surface area contributed by atoms with E-state index < -0.39 is 29.9 Å². The van der Waals surface area contributed by atoms with Crippen LogP contribution in [-0.4, -0.2) is 55.8 Å². The van der Waals surface area contributed by atoms with Gasteiger partial charge in [-0.05, 0) is 39.0 Å². The van der Waals surface area contributed by atoms with Gasteiger partial charge in [-0.3, -0.25) is 0 Å². The molecular formula is C17H24N2O6. The van der Waals surface area contributed by atoms with Crippen LogP contribution < -0.4 is 15.0 Å². The Morgan fingerprint density at radius 2 is 2.04 bits per heavy atom. The molecule has 2 N–H and O–H groups in total. The lowest BCUT2D eigenvalue weighted by Crippen LogP contribution is -2.53. The van der Waals surface area contributed by atoms with Crippen LogP contribution in [0.3, 0.4) is 0 Å². The number of anilines is 1. The lowest BCUT2D eigenvalue weighted by Gasteiger charge is -2.30. The van der Waals surface area contributed by atoms with Crippen LogP contribution in [0.25, 0.3) is 0 Å². The Kier molecular flexibility index (Phi) is 5.42. The number of rotatable bonds is 2. The Labute approximate surface area is 146 Å². The molecule has 1 amide bonds. The second-order valence-electron chi connectivity index (χ2n) is 6.76. The zero-order valence-corrected chi connectivity index (χ0v) is 15.0. The summed E-state index contributed by atoms with van der Waals surface area (Å²) in [5.74, 6) is 0.000980. The SMILES string of the molecule is COC(=O)c1ccc2c(c1)N(C)C(O)[C@@H](NC(=O)OC(C)(C)C)CO2. The standard InChI is InChI=1S/C17H24N2O6/c1-17(2,3)25-16(22)18-11-9-24-13-7-6-10(15(21)23-5)8-12(13)19(4)14(11)20/h6-8,11,14,20H,9H2,1-5H3,(H,18,22)/t11-,14?/m0/s1. The summed E-state index contributed by atoms with van der Waals surface area (Å²) in [6.45, 7) is 5.31. The molecule has 0 aliphatic carbocycles. The molecule has 1 aliphatic rings. The molecule has 2 atom stereocenters. The zero-order valence-electron chi connectivity index (χ0n) is 15.0. The molecule has 0 aromatic heterocycles. The number of hydrogen-bond acceptors (Lipinski definition) is 7. The number of benzene rings is 1. The molecule has 0 saturated carbocycles. The van der Waals surface area contributed by atoms with Crippen LogP contribution in [0.1, 0.15) is 31.1 Å². The van der Waals surface area contributed by atoms with Gasteiger partial charge in [-0.25, -0.2) is 9.59 Å². The molecule has 0 fully saturated rings. The average Bonchev–Trinajstić information content (AvgIpc) is 2.64. The average molecular weight is 352 g/mol. The van der Waals surface area contributed by atoms with E-state index in [1.54, 1.807) is 46.0 Å². The number of aliphatic hydroxyl groups is 1. The van der Waals surface area contributed by atoms with Crippen LogP contribution in [0.5, 0.6) is 5.75 Å². The van der Waals surface area contributed by atoms with E-state index in [0.29, 0.717) is 17.0 Å². The van der Waals surface area contributed by atoms with Crippen molar-refractivity contribution in [3.8, 4) is 5.75 Å². The summed E-state index contributed by atoms with van der Waals surface area (Å²) >= 11 is 0. The van der Waals surface area contributed by atoms with Crippen molar-refractivity contribution in [3.05, 3.63) is 23.8 Å². The number of amides is 1. The maximum Gasteiger partial charge on any atom is 0.408 e. The van der Waals surface area contributed by atoms with Gasteiger partial charge in [-0.1, -0.05) is 0 Å². The molecule has 1 aromatic carbocycles. The van der Waals surface area contributed by atoms with E-state index in [9.17, 15) is 14.7 Å². The van der Waals surface area contributed by atoms with E-state index in [2.05, 4.69) is 5.32 Å². The van der Waals surface area contributed by atoms with Crippen molar-refractivity contribution in [2.24, 2.45) is 0 Å². The van der Waals surface area contributed by atoms with Crippen LogP contribution in [-0.2, 0) is 9.47 Å². The number of likely N-dealkylation sites (N-methyl/N-ethyl adjacent to an activating group) is 1. The minimum atomic E-state index is -1.07. The third kappa shape index (κ3) is 4.54. The van der Waals surface area contributed by atoms with Crippen molar-refractivity contribution in [1.82, 2.24) is 5.32 Å². The van der Waals surface area contributed by atoms with E-state index in [0.717, 1.165) is 0 Å². The number of carbonyl (C=O) groups is 2. The van der Waals surface area contributed by atoms with Crippen LogP contribution in [0.4, 0.5) is 10.5 Å². The summed E-state index contributed by atoms with van der Waals surface area (Å²) < 4.78 is 15.6. The first kappa shape index (κ1) is 18.9. The van der Waals surface area contributed by atoms with Crippen LogP contribution >= 0.6 is 0 Å². The molecule has 1 heterocycles. The highest BCUT2D eigenvalue weighted by Crippen LogP contribution is 2.33. The Hall–Kier alpha value is -2.48. The monoisotopic (exact) mass is 352 g/mol. The number of nitrogens with one attached hydrogen (secondary N) is 1. The van der Waals surface area contributed by atoms with Gasteiger partial charge in [-0.15, -0.1) is 0 Å². The third-order valence-corrected chi connectivity index (χ3v) is 3.64. The van der Waals surface area contributed by atoms with Gasteiger partial charge in [0.15, 0.2) is 6.23 Å². The summed E-state index contributed by atoms with van der Waals surface area (Å²) in [4.78, 5) is 25.2. The molecule has 138 valence electrons. The van der Waals surface area contributed by atoms with Crippen molar-refractivity contribution in [1.29, 1.82) is 0 Å². The third-order valence-electron chi connectivity index (χ3n) is 3.64. The minimum absolute atomic E-state index is 0.0509. The number of fused-ring (bicyclic) bond motifs is 1. The van der Waals surface area contributed by atoms with Gasteiger partial charge in [0.25, 0.3) is 0 Å². The molecular weight excluding hydrogens is 328 g/mol. The summed E-state index contributed by atoms with van der Waals surface area (Å²) in [6.07, 6.45) is -1.71. The van der Waals surface area contributed by atoms with Gasteiger partial charge in [-0.2, -0.15) is 0 Å².